The molecule has 0 amide bonds. The summed E-state index contributed by atoms with van der Waals surface area (Å²) in [5.74, 6) is -1.37. The van der Waals surface area contributed by atoms with Gasteiger partial charge < -0.3 is 29.2 Å². The Morgan fingerprint density at radius 2 is 1.26 bits per heavy atom. The predicted octanol–water partition coefficient (Wildman–Crippen LogP) is 5.44. The Bertz CT molecular complexity index is 1770. The van der Waals surface area contributed by atoms with Crippen molar-refractivity contribution < 1.29 is 53.1 Å². The van der Waals surface area contributed by atoms with Crippen molar-refractivity contribution in [1.82, 2.24) is 0 Å². The van der Waals surface area contributed by atoms with Crippen molar-refractivity contribution in [3.8, 4) is 23.0 Å². The molecule has 1 unspecified atom stereocenters. The minimum atomic E-state index is -1.24. The Morgan fingerprint density at radius 3 is 1.88 bits per heavy atom. The van der Waals surface area contributed by atoms with Crippen LogP contribution in [0.2, 0.25) is 0 Å². The summed E-state index contributed by atoms with van der Waals surface area (Å²) in [6.45, 7) is 4.83. The molecule has 0 radical (unpaired) electrons. The maximum Gasteiger partial charge on any atom is 0.340 e. The van der Waals surface area contributed by atoms with Crippen molar-refractivity contribution in [2.24, 2.45) is 0 Å². The van der Waals surface area contributed by atoms with E-state index >= 15 is 0 Å². The van der Waals surface area contributed by atoms with Gasteiger partial charge in [-0.3, -0.25) is 19.2 Å². The molecular formula is C32H26O11. The number of ether oxygens (including phenoxy) is 4. The molecule has 220 valence electrons. The van der Waals surface area contributed by atoms with E-state index < -0.39 is 35.4 Å². The van der Waals surface area contributed by atoms with Gasteiger partial charge in [0.1, 0.15) is 23.0 Å². The van der Waals surface area contributed by atoms with Gasteiger partial charge in [0, 0.05) is 55.8 Å². The fourth-order valence-corrected chi connectivity index (χ4v) is 4.88. The van der Waals surface area contributed by atoms with Crippen molar-refractivity contribution in [3.63, 3.8) is 0 Å². The summed E-state index contributed by atoms with van der Waals surface area (Å²) >= 11 is 0. The van der Waals surface area contributed by atoms with E-state index in [4.69, 9.17) is 38.7 Å². The second-order valence-corrected chi connectivity index (χ2v) is 9.43. The molecule has 11 nitrogen and oxygen atoms in total. The Kier molecular flexibility index (Phi) is 8.46. The second kappa shape index (κ2) is 12.0. The van der Waals surface area contributed by atoms with Crippen LogP contribution in [0.1, 0.15) is 54.7 Å². The molecule has 0 bridgehead atoms. The molecule has 11 heteroatoms. The van der Waals surface area contributed by atoms with Gasteiger partial charge in [-0.15, -0.1) is 0 Å². The summed E-state index contributed by atoms with van der Waals surface area (Å²) in [6.07, 6.45) is 0. The van der Waals surface area contributed by atoms with Gasteiger partial charge >= 0.3 is 17.9 Å². The number of aliphatic carboxylic acids is 2. The maximum atomic E-state index is 13.0. The number of carbonyl (C=O) groups excluding carboxylic acids is 3. The topological polar surface area (TPSA) is 163 Å². The van der Waals surface area contributed by atoms with Crippen molar-refractivity contribution >= 4 is 40.6 Å². The first-order valence-electron chi connectivity index (χ1n) is 12.8. The molecular weight excluding hydrogens is 560 g/mol. The Labute approximate surface area is 245 Å². The van der Waals surface area contributed by atoms with Crippen LogP contribution in [0, 0.1) is 0 Å². The highest BCUT2D eigenvalue weighted by Gasteiger charge is 2.53. The largest absolute Gasteiger partial charge is 0.481 e. The summed E-state index contributed by atoms with van der Waals surface area (Å²) in [5, 5.41) is 16.3. The van der Waals surface area contributed by atoms with Gasteiger partial charge in [-0.1, -0.05) is 24.3 Å². The fourth-order valence-electron chi connectivity index (χ4n) is 4.88. The van der Waals surface area contributed by atoms with E-state index in [1.165, 1.54) is 13.8 Å². The molecule has 2 aliphatic heterocycles. The first-order valence-corrected chi connectivity index (χ1v) is 12.8. The van der Waals surface area contributed by atoms with E-state index in [1.54, 1.807) is 48.5 Å². The smallest absolute Gasteiger partial charge is 0.340 e. The molecule has 0 fully saturated rings. The third-order valence-corrected chi connectivity index (χ3v) is 6.16. The summed E-state index contributed by atoms with van der Waals surface area (Å²) < 4.78 is 23.1. The van der Waals surface area contributed by atoms with Crippen LogP contribution in [0.25, 0.3) is 10.8 Å². The molecule has 4 aromatic carbocycles. The molecule has 0 aliphatic carbocycles. The van der Waals surface area contributed by atoms with Gasteiger partial charge in [0.15, 0.2) is 5.60 Å². The van der Waals surface area contributed by atoms with E-state index in [9.17, 15) is 14.4 Å². The highest BCUT2D eigenvalue weighted by molar-refractivity contribution is 5.99. The molecule has 4 aromatic rings. The lowest BCUT2D eigenvalue weighted by Crippen LogP contribution is -2.33. The van der Waals surface area contributed by atoms with E-state index in [1.807, 2.05) is 24.3 Å². The second-order valence-electron chi connectivity index (χ2n) is 9.43. The lowest BCUT2D eigenvalue weighted by Gasteiger charge is -2.37. The van der Waals surface area contributed by atoms with Crippen LogP contribution in [0.5, 0.6) is 23.0 Å². The molecule has 1 spiro atoms. The highest BCUT2D eigenvalue weighted by Crippen LogP contribution is 2.58. The van der Waals surface area contributed by atoms with Gasteiger partial charge in [-0.05, 0) is 47.9 Å². The number of carbonyl (C=O) groups is 5. The number of carboxylic acid groups (broad SMARTS) is 2. The molecule has 1 atom stereocenters. The molecule has 2 heterocycles. The maximum absolute atomic E-state index is 13.0. The minimum absolute atomic E-state index is 0.310. The van der Waals surface area contributed by atoms with Crippen LogP contribution in [0.15, 0.2) is 72.8 Å². The van der Waals surface area contributed by atoms with E-state index in [0.29, 0.717) is 45.3 Å². The van der Waals surface area contributed by atoms with E-state index in [0.717, 1.165) is 24.6 Å². The molecule has 0 aromatic heterocycles. The van der Waals surface area contributed by atoms with E-state index in [2.05, 4.69) is 0 Å². The normalized spacial score (nSPS) is 15.1. The number of carboxylic acids is 2. The van der Waals surface area contributed by atoms with Gasteiger partial charge in [0.05, 0.1) is 5.56 Å². The molecule has 43 heavy (non-hydrogen) atoms. The summed E-state index contributed by atoms with van der Waals surface area (Å²) in [7, 11) is 0. The number of benzene rings is 4. The zero-order chi connectivity index (χ0) is 31.5. The van der Waals surface area contributed by atoms with Crippen LogP contribution in [0.4, 0.5) is 0 Å². The molecule has 0 saturated heterocycles. The molecule has 6 rings (SSSR count). The summed E-state index contributed by atoms with van der Waals surface area (Å²) in [6, 6.07) is 21.2. The quantitative estimate of drug-likeness (QED) is 0.227. The van der Waals surface area contributed by atoms with Crippen molar-refractivity contribution in [2.45, 2.75) is 33.3 Å². The third-order valence-electron chi connectivity index (χ3n) is 6.16. The van der Waals surface area contributed by atoms with E-state index in [-0.39, 0.29) is 0 Å². The first-order chi connectivity index (χ1) is 20.3. The Balaban J connectivity index is 0.000000474. The fraction of sp³-hybridized carbons (Fsp3) is 0.156. The number of hydrogen-bond donors (Lipinski definition) is 2. The lowest BCUT2D eigenvalue weighted by molar-refractivity contribution is -0.135. The van der Waals surface area contributed by atoms with Crippen LogP contribution in [-0.2, 0) is 29.5 Å². The van der Waals surface area contributed by atoms with Crippen molar-refractivity contribution in [2.75, 3.05) is 0 Å². The standard InChI is InChI=1S/C28H18O7.2C2H4O2/c1-15(29)32-18-8-10-20-17(13-18)7-11-24-26(20)34-25-14-19(33-16(2)30)9-12-23(25)28(24)22-6-4-3-5-21(22)27(31)35-28;2*1-2(3)4/h3-14H,1-2H3;2*1H3,(H,3,4). The minimum Gasteiger partial charge on any atom is -0.481 e. The zero-order valence-electron chi connectivity index (χ0n) is 23.5. The lowest BCUT2D eigenvalue weighted by atomic mass is 9.77. The monoisotopic (exact) mass is 586 g/mol. The van der Waals surface area contributed by atoms with Crippen molar-refractivity contribution in [3.05, 3.63) is 95.1 Å². The summed E-state index contributed by atoms with van der Waals surface area (Å²) in [4.78, 5) is 54.0. The predicted molar refractivity (Wildman–Crippen MR) is 151 cm³/mol. The first kappa shape index (κ1) is 30.3. The number of fused-ring (bicyclic) bond motifs is 8. The third kappa shape index (κ3) is 6.15. The zero-order valence-corrected chi connectivity index (χ0v) is 23.5. The molecule has 2 aliphatic rings. The Hall–Kier alpha value is -5.71. The Morgan fingerprint density at radius 1 is 0.698 bits per heavy atom. The summed E-state index contributed by atoms with van der Waals surface area (Å²) in [5.41, 5.74) is 1.22. The van der Waals surface area contributed by atoms with Gasteiger partial charge in [0.25, 0.3) is 11.9 Å². The highest BCUT2D eigenvalue weighted by atomic mass is 16.6. The van der Waals surface area contributed by atoms with Gasteiger partial charge in [-0.25, -0.2) is 4.79 Å². The van der Waals surface area contributed by atoms with Crippen LogP contribution < -0.4 is 14.2 Å². The molecule has 2 N–H and O–H groups in total. The number of hydrogen-bond acceptors (Lipinski definition) is 9. The average molecular weight is 587 g/mol. The van der Waals surface area contributed by atoms with Gasteiger partial charge in [0.2, 0.25) is 0 Å². The average Bonchev–Trinajstić information content (AvgIpc) is 3.20. The van der Waals surface area contributed by atoms with Crippen LogP contribution >= 0.6 is 0 Å². The molecule has 0 saturated carbocycles. The number of rotatable bonds is 2. The van der Waals surface area contributed by atoms with Crippen LogP contribution in [0.3, 0.4) is 0 Å². The van der Waals surface area contributed by atoms with Crippen LogP contribution in [-0.4, -0.2) is 40.1 Å². The SMILES string of the molecule is CC(=O)O.CC(=O)O.CC(=O)Oc1ccc2c(c1)Oc1c(ccc3cc(OC(C)=O)ccc13)C21OC(=O)c2ccccc21. The van der Waals surface area contributed by atoms with Crippen molar-refractivity contribution in [1.29, 1.82) is 0 Å². The van der Waals surface area contributed by atoms with Gasteiger partial charge in [-0.2, -0.15) is 0 Å². The number of esters is 3.